The minimum Gasteiger partial charge on any atom is -0.368 e. The number of amides is 1. The van der Waals surface area contributed by atoms with Gasteiger partial charge in [0.25, 0.3) is 0 Å². The summed E-state index contributed by atoms with van der Waals surface area (Å²) in [7, 11) is 0. The van der Waals surface area contributed by atoms with E-state index in [1.165, 1.54) is 12.8 Å². The van der Waals surface area contributed by atoms with Gasteiger partial charge in [0, 0.05) is 4.91 Å². The number of azide groups is 1. The summed E-state index contributed by atoms with van der Waals surface area (Å²) in [5.41, 5.74) is 13.2. The average Bonchev–Trinajstić information content (AvgIpc) is 2.87. The van der Waals surface area contributed by atoms with E-state index in [1.54, 1.807) is 0 Å². The molecule has 1 rings (SSSR count). The fourth-order valence-corrected chi connectivity index (χ4v) is 1.00. The van der Waals surface area contributed by atoms with Crippen LogP contribution in [0.3, 0.4) is 0 Å². The van der Waals surface area contributed by atoms with E-state index >= 15 is 0 Å². The highest BCUT2D eigenvalue weighted by Gasteiger charge is 2.23. The first kappa shape index (κ1) is 9.83. The topological polar surface area (TPSA) is 104 Å². The van der Waals surface area contributed by atoms with Crippen molar-refractivity contribution in [2.45, 2.75) is 18.9 Å². The minimum atomic E-state index is -0.517. The molecule has 13 heavy (non-hydrogen) atoms. The molecule has 1 fully saturated rings. The van der Waals surface area contributed by atoms with Crippen molar-refractivity contribution in [3.05, 3.63) is 10.4 Å². The first-order valence-corrected chi connectivity index (χ1v) is 4.27. The normalized spacial score (nSPS) is 17.5. The van der Waals surface area contributed by atoms with E-state index in [9.17, 15) is 4.79 Å². The van der Waals surface area contributed by atoms with Crippen molar-refractivity contribution in [2.75, 3.05) is 13.1 Å². The molecule has 0 radical (unpaired) electrons. The van der Waals surface area contributed by atoms with Gasteiger partial charge in [-0.1, -0.05) is 5.11 Å². The first-order chi connectivity index (χ1) is 6.24. The summed E-state index contributed by atoms with van der Waals surface area (Å²) in [6.07, 6.45) is 2.42. The van der Waals surface area contributed by atoms with Gasteiger partial charge in [-0.05, 0) is 30.8 Å². The van der Waals surface area contributed by atoms with E-state index < -0.39 is 11.9 Å². The smallest absolute Gasteiger partial charge is 0.234 e. The lowest BCUT2D eigenvalue weighted by molar-refractivity contribution is -0.119. The number of primary amides is 1. The standard InChI is InChI=1S/C7H13N5O/c8-7(13)6(4-11-12-9)10-3-5-1-2-5/h5-6,10H,1-4H2,(H2,8,13). The molecule has 3 N–H and O–H groups in total. The predicted octanol–water partition coefficient (Wildman–Crippen LogP) is 0.150. The second-order valence-electron chi connectivity index (χ2n) is 3.22. The molecule has 6 heteroatoms. The zero-order valence-corrected chi connectivity index (χ0v) is 7.31. The molecule has 6 nitrogen and oxygen atoms in total. The van der Waals surface area contributed by atoms with Crippen LogP contribution in [-0.2, 0) is 4.79 Å². The minimum absolute atomic E-state index is 0.0958. The third-order valence-electron chi connectivity index (χ3n) is 2.02. The lowest BCUT2D eigenvalue weighted by Crippen LogP contribution is -2.44. The quantitative estimate of drug-likeness (QED) is 0.347. The van der Waals surface area contributed by atoms with Gasteiger partial charge in [0.1, 0.15) is 0 Å². The molecule has 1 aliphatic rings. The molecule has 1 amide bonds. The summed E-state index contributed by atoms with van der Waals surface area (Å²) in [5.74, 6) is 0.209. The maximum absolute atomic E-state index is 10.8. The maximum atomic E-state index is 10.8. The first-order valence-electron chi connectivity index (χ1n) is 4.27. The number of rotatable bonds is 6. The van der Waals surface area contributed by atoms with Crippen LogP contribution in [0.15, 0.2) is 5.11 Å². The number of nitrogens with two attached hydrogens (primary N) is 1. The van der Waals surface area contributed by atoms with Crippen LogP contribution in [0, 0.1) is 5.92 Å². The highest BCUT2D eigenvalue weighted by molar-refractivity contribution is 5.80. The van der Waals surface area contributed by atoms with Gasteiger partial charge < -0.3 is 11.1 Å². The lowest BCUT2D eigenvalue weighted by Gasteiger charge is -2.11. The fourth-order valence-electron chi connectivity index (χ4n) is 1.00. The van der Waals surface area contributed by atoms with Crippen LogP contribution in [0.25, 0.3) is 10.4 Å². The molecule has 1 saturated carbocycles. The highest BCUT2D eigenvalue weighted by atomic mass is 16.1. The Kier molecular flexibility index (Phi) is 3.54. The monoisotopic (exact) mass is 183 g/mol. The number of nitrogens with zero attached hydrogens (tertiary/aromatic N) is 3. The highest BCUT2D eigenvalue weighted by Crippen LogP contribution is 2.27. The van der Waals surface area contributed by atoms with Crippen LogP contribution in [0.5, 0.6) is 0 Å². The van der Waals surface area contributed by atoms with Crippen LogP contribution in [0.4, 0.5) is 0 Å². The van der Waals surface area contributed by atoms with E-state index in [2.05, 4.69) is 15.3 Å². The number of carbonyl (C=O) groups is 1. The number of hydrogen-bond acceptors (Lipinski definition) is 3. The Morgan fingerprint density at radius 1 is 1.77 bits per heavy atom. The summed E-state index contributed by atoms with van der Waals surface area (Å²) in [6, 6.07) is -0.517. The molecular weight excluding hydrogens is 170 g/mol. The largest absolute Gasteiger partial charge is 0.368 e. The fraction of sp³-hybridized carbons (Fsp3) is 0.857. The van der Waals surface area contributed by atoms with Gasteiger partial charge in [-0.2, -0.15) is 0 Å². The second kappa shape index (κ2) is 4.69. The molecule has 0 aliphatic heterocycles. The molecule has 0 saturated heterocycles. The third-order valence-corrected chi connectivity index (χ3v) is 2.02. The summed E-state index contributed by atoms with van der Waals surface area (Å²) >= 11 is 0. The molecule has 0 bridgehead atoms. The van der Waals surface area contributed by atoms with Gasteiger partial charge in [-0.15, -0.1) is 0 Å². The van der Waals surface area contributed by atoms with E-state index in [-0.39, 0.29) is 6.54 Å². The summed E-state index contributed by atoms with van der Waals surface area (Å²) < 4.78 is 0. The molecule has 72 valence electrons. The van der Waals surface area contributed by atoms with Crippen molar-refractivity contribution in [1.82, 2.24) is 5.32 Å². The SMILES string of the molecule is [N-]=[N+]=NCC(NCC1CC1)C(N)=O. The number of nitrogens with one attached hydrogen (secondary N) is 1. The van der Waals surface area contributed by atoms with Crippen LogP contribution >= 0.6 is 0 Å². The average molecular weight is 183 g/mol. The van der Waals surface area contributed by atoms with Gasteiger partial charge in [-0.25, -0.2) is 0 Å². The Balaban J connectivity index is 2.26. The van der Waals surface area contributed by atoms with Crippen molar-refractivity contribution in [1.29, 1.82) is 0 Å². The van der Waals surface area contributed by atoms with E-state index in [1.807, 2.05) is 0 Å². The van der Waals surface area contributed by atoms with Crippen LogP contribution in [0.1, 0.15) is 12.8 Å². The van der Waals surface area contributed by atoms with E-state index in [0.717, 1.165) is 6.54 Å². The van der Waals surface area contributed by atoms with Gasteiger partial charge in [0.15, 0.2) is 0 Å². The molecule has 0 aromatic carbocycles. The van der Waals surface area contributed by atoms with Gasteiger partial charge in [0.2, 0.25) is 5.91 Å². The van der Waals surface area contributed by atoms with Crippen molar-refractivity contribution in [3.63, 3.8) is 0 Å². The van der Waals surface area contributed by atoms with Crippen molar-refractivity contribution in [2.24, 2.45) is 16.8 Å². The Morgan fingerprint density at radius 2 is 2.46 bits per heavy atom. The van der Waals surface area contributed by atoms with Crippen molar-refractivity contribution < 1.29 is 4.79 Å². The van der Waals surface area contributed by atoms with E-state index in [0.29, 0.717) is 5.92 Å². The molecule has 0 aromatic rings. The molecule has 0 spiro atoms. The Hall–Kier alpha value is -1.26. The molecular formula is C7H13N5O. The second-order valence-corrected chi connectivity index (χ2v) is 3.22. The van der Waals surface area contributed by atoms with Crippen molar-refractivity contribution >= 4 is 5.91 Å². The van der Waals surface area contributed by atoms with E-state index in [4.69, 9.17) is 11.3 Å². The maximum Gasteiger partial charge on any atom is 0.234 e. The molecule has 0 heterocycles. The van der Waals surface area contributed by atoms with Crippen LogP contribution in [-0.4, -0.2) is 25.0 Å². The number of carbonyl (C=O) groups excluding carboxylic acids is 1. The van der Waals surface area contributed by atoms with Crippen LogP contribution < -0.4 is 11.1 Å². The van der Waals surface area contributed by atoms with Crippen LogP contribution in [0.2, 0.25) is 0 Å². The predicted molar refractivity (Wildman–Crippen MR) is 47.7 cm³/mol. The van der Waals surface area contributed by atoms with Gasteiger partial charge in [-0.3, -0.25) is 4.79 Å². The molecule has 0 aromatic heterocycles. The molecule has 1 aliphatic carbocycles. The van der Waals surface area contributed by atoms with Gasteiger partial charge >= 0.3 is 0 Å². The Labute approximate surface area is 76.1 Å². The molecule has 1 unspecified atom stereocenters. The van der Waals surface area contributed by atoms with Crippen molar-refractivity contribution in [3.8, 4) is 0 Å². The lowest BCUT2D eigenvalue weighted by atomic mass is 10.2. The zero-order valence-electron chi connectivity index (χ0n) is 7.31. The summed E-state index contributed by atoms with van der Waals surface area (Å²) in [6.45, 7) is 0.882. The summed E-state index contributed by atoms with van der Waals surface area (Å²) in [4.78, 5) is 13.4. The number of hydrogen-bond donors (Lipinski definition) is 2. The summed E-state index contributed by atoms with van der Waals surface area (Å²) in [5, 5.41) is 6.29. The third kappa shape index (κ3) is 3.78. The Bertz CT molecular complexity index is 231. The molecule has 1 atom stereocenters. The Morgan fingerprint density at radius 3 is 2.92 bits per heavy atom. The van der Waals surface area contributed by atoms with Gasteiger partial charge in [0.05, 0.1) is 12.6 Å². The zero-order chi connectivity index (χ0) is 9.68.